The summed E-state index contributed by atoms with van der Waals surface area (Å²) in [5, 5.41) is 23.2. The van der Waals surface area contributed by atoms with Crippen molar-refractivity contribution in [2.45, 2.75) is 97.4 Å². The van der Waals surface area contributed by atoms with Crippen LogP contribution in [0.4, 0.5) is 0 Å². The maximum atomic E-state index is 13.4. The summed E-state index contributed by atoms with van der Waals surface area (Å²) in [5.41, 5.74) is -0.700. The maximum Gasteiger partial charge on any atom is 0.373 e. The molecule has 0 radical (unpaired) electrons. The van der Waals surface area contributed by atoms with Crippen LogP contribution in [0.25, 0.3) is 0 Å². The van der Waals surface area contributed by atoms with Crippen LogP contribution in [0.15, 0.2) is 22.7 Å². The van der Waals surface area contributed by atoms with Crippen LogP contribution in [0.2, 0.25) is 0 Å². The summed E-state index contributed by atoms with van der Waals surface area (Å²) in [4.78, 5) is 26.8. The highest BCUT2D eigenvalue weighted by Gasteiger charge is 2.68. The minimum Gasteiger partial charge on any atom is -0.444 e. The van der Waals surface area contributed by atoms with Gasteiger partial charge in [-0.05, 0) is 16.2 Å². The van der Waals surface area contributed by atoms with E-state index in [1.54, 1.807) is 0 Å². The number of carbonyl (C=O) groups is 2. The molecule has 2 aliphatic heterocycles. The van der Waals surface area contributed by atoms with Crippen LogP contribution < -0.4 is 0 Å². The Balaban J connectivity index is 1.76. The molecule has 2 N–H and O–H groups in total. The van der Waals surface area contributed by atoms with Gasteiger partial charge in [-0.25, -0.2) is 0 Å². The van der Waals surface area contributed by atoms with Crippen molar-refractivity contribution >= 4 is 11.6 Å². The van der Waals surface area contributed by atoms with Gasteiger partial charge in [0.15, 0.2) is 11.6 Å². The van der Waals surface area contributed by atoms with Crippen LogP contribution in [0.1, 0.15) is 80.1 Å². The Morgan fingerprint density at radius 3 is 1.42 bits per heavy atom. The van der Waals surface area contributed by atoms with Crippen molar-refractivity contribution in [1.29, 1.82) is 0 Å². The second-order valence-electron chi connectivity index (χ2n) is 12.5. The summed E-state index contributed by atoms with van der Waals surface area (Å²) in [5.74, 6) is -5.86. The van der Waals surface area contributed by atoms with Gasteiger partial charge in [-0.15, -0.1) is 0 Å². The van der Waals surface area contributed by atoms with E-state index < -0.39 is 45.2 Å². The molecule has 0 aromatic rings. The van der Waals surface area contributed by atoms with Crippen LogP contribution in [0.5, 0.6) is 0 Å². The second-order valence-corrected chi connectivity index (χ2v) is 12.5. The van der Waals surface area contributed by atoms with Gasteiger partial charge in [0.25, 0.3) is 0 Å². The monoisotopic (exact) mass is 432 g/mol. The Bertz CT molecular complexity index is 906. The lowest BCUT2D eigenvalue weighted by Gasteiger charge is -2.45. The van der Waals surface area contributed by atoms with E-state index in [0.29, 0.717) is 35.5 Å². The molecular formula is C24H32O7. The van der Waals surface area contributed by atoms with Gasteiger partial charge in [0, 0.05) is 38.5 Å². The summed E-state index contributed by atoms with van der Waals surface area (Å²) >= 11 is 0. The van der Waals surface area contributed by atoms with Crippen molar-refractivity contribution in [2.24, 2.45) is 16.2 Å². The summed E-state index contributed by atoms with van der Waals surface area (Å²) in [6, 6.07) is 0. The van der Waals surface area contributed by atoms with Gasteiger partial charge in [0.05, 0.1) is 11.1 Å². The highest BCUT2D eigenvalue weighted by molar-refractivity contribution is 6.11. The van der Waals surface area contributed by atoms with Gasteiger partial charge in [-0.3, -0.25) is 9.59 Å². The number of aliphatic hydroxyl groups is 2. The lowest BCUT2D eigenvalue weighted by molar-refractivity contribution is -0.300. The Morgan fingerprint density at radius 1 is 0.645 bits per heavy atom. The van der Waals surface area contributed by atoms with Crippen molar-refractivity contribution in [2.75, 3.05) is 0 Å². The average Bonchev–Trinajstić information content (AvgIpc) is 2.64. The van der Waals surface area contributed by atoms with Crippen LogP contribution >= 0.6 is 0 Å². The molecule has 7 nitrogen and oxygen atoms in total. The quantitative estimate of drug-likeness (QED) is 0.567. The third kappa shape index (κ3) is 2.89. The zero-order valence-corrected chi connectivity index (χ0v) is 19.2. The first kappa shape index (κ1) is 21.2. The molecule has 31 heavy (non-hydrogen) atoms. The largest absolute Gasteiger partial charge is 0.444 e. The van der Waals surface area contributed by atoms with E-state index in [-0.39, 0.29) is 25.7 Å². The minimum absolute atomic E-state index is 0.141. The zero-order valence-electron chi connectivity index (χ0n) is 19.2. The molecule has 2 atom stereocenters. The number of ether oxygens (including phenoxy) is 3. The number of rotatable bonds is 0. The first-order chi connectivity index (χ1) is 14.0. The van der Waals surface area contributed by atoms with Crippen LogP contribution in [0, 0.1) is 16.2 Å². The molecule has 0 bridgehead atoms. The van der Waals surface area contributed by atoms with E-state index in [1.165, 1.54) is 0 Å². The lowest BCUT2D eigenvalue weighted by atomic mass is 9.69. The molecule has 2 fully saturated rings. The smallest absolute Gasteiger partial charge is 0.373 e. The summed E-state index contributed by atoms with van der Waals surface area (Å²) < 4.78 is 18.4. The first-order valence-electron chi connectivity index (χ1n) is 11.1. The fraction of sp³-hybridized carbons (Fsp3) is 0.750. The summed E-state index contributed by atoms with van der Waals surface area (Å²) in [6.45, 7) is 11.6. The molecule has 5 aliphatic rings. The molecule has 7 heteroatoms. The van der Waals surface area contributed by atoms with Gasteiger partial charge in [-0.1, -0.05) is 41.5 Å². The van der Waals surface area contributed by atoms with Crippen LogP contribution in [0.3, 0.4) is 0 Å². The number of hydrogen-bond acceptors (Lipinski definition) is 7. The van der Waals surface area contributed by atoms with Gasteiger partial charge in [-0.2, -0.15) is 0 Å². The van der Waals surface area contributed by atoms with E-state index >= 15 is 0 Å². The molecule has 0 aromatic heterocycles. The molecular weight excluding hydrogens is 400 g/mol. The maximum absolute atomic E-state index is 13.4. The minimum atomic E-state index is -2.08. The van der Waals surface area contributed by atoms with E-state index in [9.17, 15) is 19.8 Å². The van der Waals surface area contributed by atoms with Crippen molar-refractivity contribution in [1.82, 2.24) is 0 Å². The molecule has 2 heterocycles. The molecule has 3 aliphatic carbocycles. The highest BCUT2D eigenvalue weighted by atomic mass is 16.7. The number of ketones is 2. The summed E-state index contributed by atoms with van der Waals surface area (Å²) in [6.07, 6.45) is 1.56. The van der Waals surface area contributed by atoms with Gasteiger partial charge < -0.3 is 24.4 Å². The van der Waals surface area contributed by atoms with E-state index in [0.717, 1.165) is 0 Å². The van der Waals surface area contributed by atoms with Gasteiger partial charge >= 0.3 is 5.79 Å². The average molecular weight is 433 g/mol. The fourth-order valence-corrected chi connectivity index (χ4v) is 6.29. The number of carbonyl (C=O) groups excluding carboxylic acids is 2. The lowest BCUT2D eigenvalue weighted by Crippen LogP contribution is -2.57. The normalized spacial score (nSPS) is 39.1. The molecule has 1 saturated carbocycles. The van der Waals surface area contributed by atoms with E-state index in [4.69, 9.17) is 14.2 Å². The highest BCUT2D eigenvalue weighted by Crippen LogP contribution is 2.63. The van der Waals surface area contributed by atoms with Crippen molar-refractivity contribution in [3.05, 3.63) is 22.7 Å². The van der Waals surface area contributed by atoms with E-state index in [2.05, 4.69) is 0 Å². The predicted molar refractivity (Wildman–Crippen MR) is 109 cm³/mol. The molecule has 0 unspecified atom stereocenters. The van der Waals surface area contributed by atoms with Gasteiger partial charge in [0.2, 0.25) is 11.6 Å². The standard InChI is InChI=1S/C24H32O7/c1-19(2)9-15(25)24(16(26)10-19)29-13-7-20(3,4)11-22(27)17(13)18-14(30-24)8-21(5,6)12-23(18,28)31-22/h27-28H,7-12H2,1-6H3/t22-,23-/m1/s1. The van der Waals surface area contributed by atoms with Crippen LogP contribution in [-0.4, -0.2) is 39.1 Å². The molecule has 1 spiro atoms. The van der Waals surface area contributed by atoms with Crippen molar-refractivity contribution in [3.8, 4) is 0 Å². The SMILES string of the molecule is CC1(C)CC(=O)C2(OC3=C4C5=C(CC(C)(C)C[C@@]5(O)O[C@]4(O)CC(C)(C)C3)O2)C(=O)C1. The Morgan fingerprint density at radius 2 is 1.03 bits per heavy atom. The van der Waals surface area contributed by atoms with Crippen molar-refractivity contribution in [3.63, 3.8) is 0 Å². The third-order valence-corrected chi connectivity index (χ3v) is 7.19. The molecule has 5 rings (SSSR count). The number of allylic oxidation sites excluding steroid dienone is 2. The van der Waals surface area contributed by atoms with E-state index in [1.807, 2.05) is 41.5 Å². The Labute approximate surface area is 182 Å². The number of Topliss-reactive ketones (excluding diaryl/α,β-unsaturated/α-hetero) is 2. The molecule has 1 saturated heterocycles. The van der Waals surface area contributed by atoms with Crippen LogP contribution in [-0.2, 0) is 23.8 Å². The zero-order chi connectivity index (χ0) is 22.8. The molecule has 0 amide bonds. The Kier molecular flexibility index (Phi) is 3.83. The first-order valence-corrected chi connectivity index (χ1v) is 11.1. The Hall–Kier alpha value is -1.70. The predicted octanol–water partition coefficient (Wildman–Crippen LogP) is 3.24. The third-order valence-electron chi connectivity index (χ3n) is 7.19. The molecule has 0 aromatic carbocycles. The fourth-order valence-electron chi connectivity index (χ4n) is 6.29. The van der Waals surface area contributed by atoms with Gasteiger partial charge in [0.1, 0.15) is 11.5 Å². The molecule has 170 valence electrons. The second kappa shape index (κ2) is 5.61. The topological polar surface area (TPSA) is 102 Å². The number of hydrogen-bond donors (Lipinski definition) is 2. The summed E-state index contributed by atoms with van der Waals surface area (Å²) in [7, 11) is 0. The van der Waals surface area contributed by atoms with Crippen molar-refractivity contribution < 1.29 is 34.0 Å².